The Morgan fingerprint density at radius 1 is 1.14 bits per heavy atom. The van der Waals surface area contributed by atoms with Crippen molar-refractivity contribution in [3.05, 3.63) is 75.1 Å². The van der Waals surface area contributed by atoms with Crippen molar-refractivity contribution in [2.45, 2.75) is 39.7 Å². The Balaban J connectivity index is 1.71. The van der Waals surface area contributed by atoms with Gasteiger partial charge in [0.15, 0.2) is 0 Å². The van der Waals surface area contributed by atoms with Crippen molar-refractivity contribution in [2.75, 3.05) is 7.11 Å². The standard InChI is InChI=1S/C23H25NO4/c1-14-5-7-17(8-6-14)16(3)24-22(25)12-11-20-15(2)19-10-9-18(27-4)13-21(19)28-23(20)26/h5-10,13,16H,11-12H2,1-4H3,(H,24,25). The van der Waals surface area contributed by atoms with Gasteiger partial charge in [0.2, 0.25) is 5.91 Å². The average molecular weight is 379 g/mol. The molecule has 28 heavy (non-hydrogen) atoms. The summed E-state index contributed by atoms with van der Waals surface area (Å²) in [6.45, 7) is 5.86. The van der Waals surface area contributed by atoms with Gasteiger partial charge in [0.1, 0.15) is 11.3 Å². The lowest BCUT2D eigenvalue weighted by Gasteiger charge is -2.15. The van der Waals surface area contributed by atoms with E-state index in [1.807, 2.05) is 57.2 Å². The molecule has 3 aromatic rings. The van der Waals surface area contributed by atoms with Gasteiger partial charge in [0, 0.05) is 23.4 Å². The fourth-order valence-corrected chi connectivity index (χ4v) is 3.28. The number of nitrogens with one attached hydrogen (secondary N) is 1. The summed E-state index contributed by atoms with van der Waals surface area (Å²) in [5, 5.41) is 3.84. The van der Waals surface area contributed by atoms with Crippen molar-refractivity contribution >= 4 is 16.9 Å². The average Bonchev–Trinajstić information content (AvgIpc) is 2.67. The molecule has 0 bridgehead atoms. The number of rotatable bonds is 6. The van der Waals surface area contributed by atoms with E-state index in [0.29, 0.717) is 23.3 Å². The molecular formula is C23H25NO4. The van der Waals surface area contributed by atoms with Crippen LogP contribution in [-0.4, -0.2) is 13.0 Å². The first-order valence-electron chi connectivity index (χ1n) is 9.35. The van der Waals surface area contributed by atoms with Crippen molar-refractivity contribution in [3.8, 4) is 5.75 Å². The maximum absolute atomic E-state index is 12.4. The molecular weight excluding hydrogens is 354 g/mol. The van der Waals surface area contributed by atoms with Crippen LogP contribution in [0.25, 0.3) is 11.0 Å². The van der Waals surface area contributed by atoms with Crippen LogP contribution in [0.5, 0.6) is 5.75 Å². The van der Waals surface area contributed by atoms with Crippen molar-refractivity contribution in [2.24, 2.45) is 0 Å². The number of amides is 1. The minimum atomic E-state index is -0.405. The van der Waals surface area contributed by atoms with Crippen molar-refractivity contribution in [1.29, 1.82) is 0 Å². The molecule has 5 heteroatoms. The van der Waals surface area contributed by atoms with E-state index in [1.165, 1.54) is 5.56 Å². The van der Waals surface area contributed by atoms with E-state index >= 15 is 0 Å². The Kier molecular flexibility index (Phi) is 5.83. The second-order valence-corrected chi connectivity index (χ2v) is 7.06. The molecule has 1 atom stereocenters. The lowest BCUT2D eigenvalue weighted by molar-refractivity contribution is -0.121. The van der Waals surface area contributed by atoms with Crippen LogP contribution in [0, 0.1) is 13.8 Å². The predicted octanol–water partition coefficient (Wildman–Crippen LogP) is 4.23. The van der Waals surface area contributed by atoms with Gasteiger partial charge in [0.05, 0.1) is 13.2 Å². The highest BCUT2D eigenvalue weighted by Gasteiger charge is 2.15. The van der Waals surface area contributed by atoms with E-state index in [4.69, 9.17) is 9.15 Å². The molecule has 146 valence electrons. The normalized spacial score (nSPS) is 12.0. The van der Waals surface area contributed by atoms with Crippen LogP contribution in [0.2, 0.25) is 0 Å². The zero-order valence-electron chi connectivity index (χ0n) is 16.7. The van der Waals surface area contributed by atoms with E-state index < -0.39 is 5.63 Å². The molecule has 2 aromatic carbocycles. The van der Waals surface area contributed by atoms with E-state index in [2.05, 4.69) is 5.32 Å². The minimum absolute atomic E-state index is 0.0883. The highest BCUT2D eigenvalue weighted by Crippen LogP contribution is 2.24. The Labute approximate surface area is 164 Å². The fourth-order valence-electron chi connectivity index (χ4n) is 3.28. The monoisotopic (exact) mass is 379 g/mol. The van der Waals surface area contributed by atoms with Gasteiger partial charge in [-0.2, -0.15) is 0 Å². The van der Waals surface area contributed by atoms with E-state index in [0.717, 1.165) is 16.5 Å². The summed E-state index contributed by atoms with van der Waals surface area (Å²) >= 11 is 0. The Bertz CT molecular complexity index is 1050. The number of aryl methyl sites for hydroxylation is 2. The van der Waals surface area contributed by atoms with Crippen molar-refractivity contribution in [1.82, 2.24) is 5.32 Å². The summed E-state index contributed by atoms with van der Waals surface area (Å²) < 4.78 is 10.6. The van der Waals surface area contributed by atoms with Crippen LogP contribution < -0.4 is 15.7 Å². The van der Waals surface area contributed by atoms with Crippen LogP contribution in [0.1, 0.15) is 41.6 Å². The van der Waals surface area contributed by atoms with Gasteiger partial charge >= 0.3 is 5.63 Å². The Hall–Kier alpha value is -3.08. The molecule has 0 saturated heterocycles. The van der Waals surface area contributed by atoms with Crippen molar-refractivity contribution < 1.29 is 13.9 Å². The Morgan fingerprint density at radius 2 is 1.86 bits per heavy atom. The molecule has 1 unspecified atom stereocenters. The number of hydrogen-bond acceptors (Lipinski definition) is 4. The number of methoxy groups -OCH3 is 1. The number of carbonyl (C=O) groups excluding carboxylic acids is 1. The number of carbonyl (C=O) groups is 1. The van der Waals surface area contributed by atoms with Crippen LogP contribution in [0.15, 0.2) is 51.7 Å². The third-order valence-electron chi connectivity index (χ3n) is 5.05. The highest BCUT2D eigenvalue weighted by molar-refractivity contribution is 5.82. The maximum atomic E-state index is 12.4. The Morgan fingerprint density at radius 3 is 2.54 bits per heavy atom. The topological polar surface area (TPSA) is 68.5 Å². The number of ether oxygens (including phenoxy) is 1. The molecule has 5 nitrogen and oxygen atoms in total. The van der Waals surface area contributed by atoms with Gasteiger partial charge in [-0.1, -0.05) is 29.8 Å². The third kappa shape index (κ3) is 4.25. The van der Waals surface area contributed by atoms with E-state index in [1.54, 1.807) is 13.2 Å². The van der Waals surface area contributed by atoms with E-state index in [-0.39, 0.29) is 18.4 Å². The summed E-state index contributed by atoms with van der Waals surface area (Å²) in [5.74, 6) is 0.536. The molecule has 1 aromatic heterocycles. The first kappa shape index (κ1) is 19.7. The maximum Gasteiger partial charge on any atom is 0.339 e. The molecule has 0 saturated carbocycles. The molecule has 3 rings (SSSR count). The van der Waals surface area contributed by atoms with Crippen LogP contribution in [0.4, 0.5) is 0 Å². The summed E-state index contributed by atoms with van der Waals surface area (Å²) in [6, 6.07) is 13.4. The van der Waals surface area contributed by atoms with E-state index in [9.17, 15) is 9.59 Å². The minimum Gasteiger partial charge on any atom is -0.497 e. The highest BCUT2D eigenvalue weighted by atomic mass is 16.5. The molecule has 0 aliphatic rings. The van der Waals surface area contributed by atoms with Crippen molar-refractivity contribution in [3.63, 3.8) is 0 Å². The smallest absolute Gasteiger partial charge is 0.339 e. The second kappa shape index (κ2) is 8.30. The molecule has 1 heterocycles. The first-order chi connectivity index (χ1) is 13.4. The molecule has 0 fully saturated rings. The SMILES string of the molecule is COc1ccc2c(C)c(CCC(=O)NC(C)c3ccc(C)cc3)c(=O)oc2c1. The van der Waals surface area contributed by atoms with Gasteiger partial charge in [-0.05, 0) is 50.5 Å². The summed E-state index contributed by atoms with van der Waals surface area (Å²) in [6.07, 6.45) is 0.562. The van der Waals surface area contributed by atoms with Gasteiger partial charge < -0.3 is 14.5 Å². The summed E-state index contributed by atoms with van der Waals surface area (Å²) in [5.41, 5.74) is 3.69. The lowest BCUT2D eigenvalue weighted by atomic mass is 10.0. The zero-order valence-corrected chi connectivity index (χ0v) is 16.7. The second-order valence-electron chi connectivity index (χ2n) is 7.06. The summed E-state index contributed by atoms with van der Waals surface area (Å²) in [4.78, 5) is 24.8. The summed E-state index contributed by atoms with van der Waals surface area (Å²) in [7, 11) is 1.57. The van der Waals surface area contributed by atoms with Gasteiger partial charge in [0.25, 0.3) is 0 Å². The molecule has 0 aliphatic carbocycles. The predicted molar refractivity (Wildman–Crippen MR) is 110 cm³/mol. The molecule has 0 spiro atoms. The quantitative estimate of drug-likeness (QED) is 0.651. The zero-order chi connectivity index (χ0) is 20.3. The largest absolute Gasteiger partial charge is 0.497 e. The molecule has 0 radical (unpaired) electrons. The van der Waals surface area contributed by atoms with Gasteiger partial charge in [-0.3, -0.25) is 4.79 Å². The van der Waals surface area contributed by atoms with Crippen LogP contribution in [-0.2, 0) is 11.2 Å². The van der Waals surface area contributed by atoms with Gasteiger partial charge in [-0.15, -0.1) is 0 Å². The molecule has 0 aliphatic heterocycles. The number of fused-ring (bicyclic) bond motifs is 1. The number of benzene rings is 2. The number of hydrogen-bond donors (Lipinski definition) is 1. The van der Waals surface area contributed by atoms with Gasteiger partial charge in [-0.25, -0.2) is 4.79 Å². The van der Waals surface area contributed by atoms with Crippen LogP contribution >= 0.6 is 0 Å². The molecule has 1 N–H and O–H groups in total. The third-order valence-corrected chi connectivity index (χ3v) is 5.05. The lowest BCUT2D eigenvalue weighted by Crippen LogP contribution is -2.27. The molecule has 1 amide bonds. The fraction of sp³-hybridized carbons (Fsp3) is 0.304. The first-order valence-corrected chi connectivity index (χ1v) is 9.35. The van der Waals surface area contributed by atoms with Crippen LogP contribution in [0.3, 0.4) is 0 Å².